The molecular formula is C20H37NaO7S. The molecule has 0 unspecified atom stereocenters. The van der Waals surface area contributed by atoms with E-state index >= 15 is 0 Å². The number of unbranched alkanes of at least 4 members (excludes halogenated alkanes) is 10. The minimum atomic E-state index is -4.82. The van der Waals surface area contributed by atoms with Crippen LogP contribution >= 0.6 is 0 Å². The zero-order chi connectivity index (χ0) is 21.3. The van der Waals surface area contributed by atoms with E-state index in [1.807, 2.05) is 0 Å². The molecule has 1 N–H and O–H groups in total. The third-order valence-corrected chi connectivity index (χ3v) is 5.27. The van der Waals surface area contributed by atoms with E-state index in [9.17, 15) is 22.6 Å². The largest absolute Gasteiger partial charge is 1.00 e. The van der Waals surface area contributed by atoms with E-state index in [-0.39, 0.29) is 42.8 Å². The Labute approximate surface area is 198 Å². The number of ether oxygens (including phenoxy) is 2. The van der Waals surface area contributed by atoms with E-state index in [1.54, 1.807) is 0 Å². The maximum Gasteiger partial charge on any atom is 1.00 e. The van der Waals surface area contributed by atoms with Crippen molar-refractivity contribution in [2.45, 2.75) is 97.3 Å². The molecule has 166 valence electrons. The molecule has 7 nitrogen and oxygen atoms in total. The van der Waals surface area contributed by atoms with Crippen molar-refractivity contribution >= 4 is 22.1 Å². The van der Waals surface area contributed by atoms with Gasteiger partial charge in [0.1, 0.15) is 0 Å². The van der Waals surface area contributed by atoms with Crippen molar-refractivity contribution < 1.29 is 61.6 Å². The third kappa shape index (κ3) is 18.2. The monoisotopic (exact) mass is 444 g/mol. The molecule has 0 fully saturated rings. The molecule has 0 aromatic carbocycles. The quantitative estimate of drug-likeness (QED) is 0.113. The first-order chi connectivity index (χ1) is 13.3. The first-order valence-electron chi connectivity index (χ1n) is 10.5. The molecule has 0 atom stereocenters. The average Bonchev–Trinajstić information content (AvgIpc) is 2.63. The van der Waals surface area contributed by atoms with Crippen LogP contribution in [0.4, 0.5) is 0 Å². The van der Waals surface area contributed by atoms with Gasteiger partial charge >= 0.3 is 29.6 Å². The molecule has 0 spiro atoms. The van der Waals surface area contributed by atoms with Crippen LogP contribution in [-0.4, -0.2) is 38.1 Å². The van der Waals surface area contributed by atoms with E-state index in [0.29, 0.717) is 12.8 Å². The van der Waals surface area contributed by atoms with Crippen LogP contribution in [0.15, 0.2) is 0 Å². The summed E-state index contributed by atoms with van der Waals surface area (Å²) >= 11 is 0. The molecule has 0 aliphatic rings. The summed E-state index contributed by atoms with van der Waals surface area (Å²) in [6.07, 6.45) is 11.2. The van der Waals surface area contributed by atoms with Gasteiger partial charge in [-0.2, -0.15) is 0 Å². The van der Waals surface area contributed by atoms with Crippen LogP contribution in [0.2, 0.25) is 0 Å². The number of rotatable bonds is 18. The van der Waals surface area contributed by atoms with E-state index in [1.165, 1.54) is 6.42 Å². The molecule has 29 heavy (non-hydrogen) atoms. The van der Waals surface area contributed by atoms with Gasteiger partial charge in [-0.3, -0.25) is 9.59 Å². The average molecular weight is 445 g/mol. The zero-order valence-corrected chi connectivity index (χ0v) is 21.2. The summed E-state index contributed by atoms with van der Waals surface area (Å²) in [7, 11) is -4.82. The normalized spacial score (nSPS) is 10.9. The fourth-order valence-corrected chi connectivity index (χ4v) is 3.22. The second-order valence-electron chi connectivity index (χ2n) is 6.97. The fraction of sp³-hybridized carbons (Fsp3) is 0.850. The van der Waals surface area contributed by atoms with Gasteiger partial charge in [0.2, 0.25) is 0 Å². The van der Waals surface area contributed by atoms with Gasteiger partial charge in [-0.05, 0) is 19.3 Å². The number of esters is 2. The van der Waals surface area contributed by atoms with Crippen LogP contribution in [0.5, 0.6) is 0 Å². The van der Waals surface area contributed by atoms with E-state index < -0.39 is 33.7 Å². The fourth-order valence-electron chi connectivity index (χ4n) is 2.65. The minimum Gasteiger partial charge on any atom is -0.487 e. The van der Waals surface area contributed by atoms with Gasteiger partial charge in [-0.1, -0.05) is 78.1 Å². The summed E-state index contributed by atoms with van der Waals surface area (Å²) < 4.78 is 41.9. The molecule has 0 bridgehead atoms. The van der Waals surface area contributed by atoms with Gasteiger partial charge in [0, 0.05) is 0 Å². The van der Waals surface area contributed by atoms with Crippen LogP contribution in [0.1, 0.15) is 97.3 Å². The predicted octanol–water partition coefficient (Wildman–Crippen LogP) is 1.61. The van der Waals surface area contributed by atoms with Crippen molar-refractivity contribution in [1.82, 2.24) is 0 Å². The molecule has 0 saturated heterocycles. The summed E-state index contributed by atoms with van der Waals surface area (Å²) in [6.45, 7) is 4.46. The van der Waals surface area contributed by atoms with Crippen molar-refractivity contribution in [1.29, 1.82) is 0 Å². The maximum atomic E-state index is 11.9. The molecule has 0 aliphatic heterocycles. The van der Waals surface area contributed by atoms with Crippen LogP contribution < -0.4 is 29.6 Å². The maximum absolute atomic E-state index is 11.9. The topological polar surface area (TPSA) is 107 Å². The number of carbonyl (C=O) groups is 2. The molecule has 0 rings (SSSR count). The second-order valence-corrected chi connectivity index (χ2v) is 8.41. The smallest absolute Gasteiger partial charge is 0.487 e. The van der Waals surface area contributed by atoms with Crippen LogP contribution in [-0.2, 0) is 29.2 Å². The Hall–Kier alpha value is -0.280. The van der Waals surface area contributed by atoms with Gasteiger partial charge in [-0.15, -0.1) is 5.25 Å². The van der Waals surface area contributed by atoms with Crippen molar-refractivity contribution in [3.8, 4) is 0 Å². The Morgan fingerprint density at radius 3 is 1.62 bits per heavy atom. The Kier molecular flexibility index (Phi) is 21.0. The molecule has 9 heteroatoms. The zero-order valence-electron chi connectivity index (χ0n) is 18.4. The Morgan fingerprint density at radius 1 is 0.759 bits per heavy atom. The van der Waals surface area contributed by atoms with E-state index in [2.05, 4.69) is 13.8 Å². The molecule has 0 aliphatic carbocycles. The van der Waals surface area contributed by atoms with E-state index in [0.717, 1.165) is 57.8 Å². The van der Waals surface area contributed by atoms with E-state index in [4.69, 9.17) is 9.47 Å². The second kappa shape index (κ2) is 19.7. The minimum absolute atomic E-state index is 0. The first-order valence-corrected chi connectivity index (χ1v) is 11.9. The number of carbonyl (C=O) groups excluding carboxylic acids is 2. The Morgan fingerprint density at radius 2 is 1.17 bits per heavy atom. The summed E-state index contributed by atoms with van der Waals surface area (Å²) in [4.78, 5) is 23.7. The van der Waals surface area contributed by atoms with Crippen LogP contribution in [0.3, 0.4) is 0 Å². The number of hydrogen-bond acceptors (Lipinski definition) is 6. The van der Waals surface area contributed by atoms with Gasteiger partial charge in [0.15, 0.2) is 16.1 Å². The molecular weight excluding hydrogens is 407 g/mol. The van der Waals surface area contributed by atoms with Gasteiger partial charge < -0.3 is 14.0 Å². The molecule has 0 saturated carbocycles. The van der Waals surface area contributed by atoms with Gasteiger partial charge in [-0.25, -0.2) is 8.42 Å². The molecule has 0 radical (unpaired) electrons. The van der Waals surface area contributed by atoms with Crippen molar-refractivity contribution in [3.05, 3.63) is 5.25 Å². The summed E-state index contributed by atoms with van der Waals surface area (Å²) in [5.41, 5.74) is 0. The third-order valence-electron chi connectivity index (χ3n) is 4.34. The Balaban J connectivity index is 0. The summed E-state index contributed by atoms with van der Waals surface area (Å²) in [5.74, 6) is -2.05. The summed E-state index contributed by atoms with van der Waals surface area (Å²) in [5, 5.41) is -0.966. The summed E-state index contributed by atoms with van der Waals surface area (Å²) in [6, 6.07) is 0. The standard InChI is InChI=1S/C20H37O7S.Na/c1-3-5-7-9-11-13-15-26-19(21)17-18(28(23,24)25)20(22)27-16-14-12-10-8-6-4-2;/h3-17H2,1-2H3,(H,23,24,25);/q-1;+1. The van der Waals surface area contributed by atoms with Crippen molar-refractivity contribution in [2.75, 3.05) is 13.2 Å². The Bertz CT molecular complexity index is 523. The molecule has 0 amide bonds. The van der Waals surface area contributed by atoms with Gasteiger partial charge in [0.05, 0.1) is 13.2 Å². The van der Waals surface area contributed by atoms with Crippen LogP contribution in [0, 0.1) is 5.25 Å². The molecule has 0 aromatic heterocycles. The molecule has 0 aromatic rings. The van der Waals surface area contributed by atoms with Crippen molar-refractivity contribution in [2.24, 2.45) is 0 Å². The van der Waals surface area contributed by atoms with Gasteiger partial charge in [0.25, 0.3) is 5.97 Å². The molecule has 0 heterocycles. The van der Waals surface area contributed by atoms with Crippen LogP contribution in [0.25, 0.3) is 0 Å². The SMILES string of the molecule is CCCCCCCCOC(=O)C[C-](C(=O)OCCCCCCCC)S(=O)(=O)O.[Na+]. The van der Waals surface area contributed by atoms with Crippen molar-refractivity contribution in [3.63, 3.8) is 0 Å². The predicted molar refractivity (Wildman–Crippen MR) is 108 cm³/mol. The first kappa shape index (κ1) is 30.9. The number of hydrogen-bond donors (Lipinski definition) is 1.